The van der Waals surface area contributed by atoms with Crippen molar-refractivity contribution in [3.8, 4) is 11.3 Å². The van der Waals surface area contributed by atoms with Crippen molar-refractivity contribution in [2.24, 2.45) is 0 Å². The smallest absolute Gasteiger partial charge is 0.337 e. The van der Waals surface area contributed by atoms with E-state index < -0.39 is 5.97 Å². The summed E-state index contributed by atoms with van der Waals surface area (Å²) in [5.74, 6) is -1.38. The van der Waals surface area contributed by atoms with Crippen LogP contribution in [0.4, 0.5) is 4.39 Å². The highest BCUT2D eigenvalue weighted by Crippen LogP contribution is 2.23. The van der Waals surface area contributed by atoms with Crippen LogP contribution >= 0.6 is 0 Å². The molecule has 0 aliphatic carbocycles. The first-order valence-electron chi connectivity index (χ1n) is 5.89. The molecule has 2 heterocycles. The van der Waals surface area contributed by atoms with Gasteiger partial charge in [-0.3, -0.25) is 9.97 Å². The summed E-state index contributed by atoms with van der Waals surface area (Å²) in [6.45, 7) is 0. The predicted octanol–water partition coefficient (Wildman–Crippen LogP) is 3.13. The van der Waals surface area contributed by atoms with Crippen LogP contribution in [0.15, 0.2) is 48.8 Å². The van der Waals surface area contributed by atoms with E-state index in [-0.39, 0.29) is 11.4 Å². The maximum absolute atomic E-state index is 13.7. The average Bonchev–Trinajstić information content (AvgIpc) is 2.47. The second-order valence-electron chi connectivity index (χ2n) is 4.27. The molecule has 0 atom stereocenters. The van der Waals surface area contributed by atoms with Gasteiger partial charge in [-0.25, -0.2) is 9.18 Å². The van der Waals surface area contributed by atoms with Crippen LogP contribution < -0.4 is 0 Å². The first-order valence-corrected chi connectivity index (χ1v) is 5.89. The highest BCUT2D eigenvalue weighted by atomic mass is 19.1. The van der Waals surface area contributed by atoms with Crippen LogP contribution in [-0.2, 0) is 0 Å². The van der Waals surface area contributed by atoms with Crippen molar-refractivity contribution >= 4 is 16.9 Å². The summed E-state index contributed by atoms with van der Waals surface area (Å²) in [5.41, 5.74) is 1.86. The third kappa shape index (κ3) is 2.09. The van der Waals surface area contributed by atoms with Crippen molar-refractivity contribution in [3.63, 3.8) is 0 Å². The molecule has 0 spiro atoms. The number of benzene rings is 1. The quantitative estimate of drug-likeness (QED) is 0.775. The summed E-state index contributed by atoms with van der Waals surface area (Å²) in [6, 6.07) is 9.38. The highest BCUT2D eigenvalue weighted by Gasteiger charge is 2.07. The van der Waals surface area contributed by atoms with Crippen LogP contribution in [-0.4, -0.2) is 21.0 Å². The zero-order valence-electron chi connectivity index (χ0n) is 10.2. The van der Waals surface area contributed by atoms with E-state index in [2.05, 4.69) is 9.97 Å². The minimum Gasteiger partial charge on any atom is -0.478 e. The third-order valence-electron chi connectivity index (χ3n) is 2.98. The molecule has 0 fully saturated rings. The predicted molar refractivity (Wildman–Crippen MR) is 71.9 cm³/mol. The first-order chi connectivity index (χ1) is 9.65. The minimum absolute atomic E-state index is 0.105. The van der Waals surface area contributed by atoms with Gasteiger partial charge in [0.15, 0.2) is 0 Å². The van der Waals surface area contributed by atoms with Crippen molar-refractivity contribution < 1.29 is 14.3 Å². The zero-order valence-corrected chi connectivity index (χ0v) is 10.2. The maximum Gasteiger partial charge on any atom is 0.337 e. The molecule has 5 heteroatoms. The molecule has 3 rings (SSSR count). The van der Waals surface area contributed by atoms with Gasteiger partial charge in [-0.05, 0) is 30.3 Å². The van der Waals surface area contributed by atoms with Gasteiger partial charge in [0.25, 0.3) is 0 Å². The lowest BCUT2D eigenvalue weighted by molar-refractivity contribution is 0.0696. The van der Waals surface area contributed by atoms with Gasteiger partial charge in [0.05, 0.1) is 16.8 Å². The van der Waals surface area contributed by atoms with E-state index >= 15 is 0 Å². The number of pyridine rings is 2. The van der Waals surface area contributed by atoms with Crippen LogP contribution in [0.1, 0.15) is 10.4 Å². The van der Waals surface area contributed by atoms with Gasteiger partial charge in [-0.1, -0.05) is 6.07 Å². The number of nitrogens with zero attached hydrogens (tertiary/aromatic N) is 2. The minimum atomic E-state index is -1.04. The Morgan fingerprint density at radius 2 is 1.95 bits per heavy atom. The van der Waals surface area contributed by atoms with Gasteiger partial charge in [-0.15, -0.1) is 0 Å². The van der Waals surface area contributed by atoms with Crippen LogP contribution in [0.3, 0.4) is 0 Å². The SMILES string of the molecule is O=C(O)c1ccc(-c2cnc3cccc(F)c3c2)nc1. The first kappa shape index (κ1) is 12.2. The van der Waals surface area contributed by atoms with Crippen molar-refractivity contribution in [2.75, 3.05) is 0 Å². The number of hydrogen-bond donors (Lipinski definition) is 1. The Morgan fingerprint density at radius 3 is 2.65 bits per heavy atom. The number of fused-ring (bicyclic) bond motifs is 1. The summed E-state index contributed by atoms with van der Waals surface area (Å²) < 4.78 is 13.7. The Labute approximate surface area is 113 Å². The average molecular weight is 268 g/mol. The molecule has 0 saturated carbocycles. The van der Waals surface area contributed by atoms with Crippen LogP contribution in [0.2, 0.25) is 0 Å². The number of aromatic carboxylic acids is 1. The number of hydrogen-bond acceptors (Lipinski definition) is 3. The molecule has 20 heavy (non-hydrogen) atoms. The molecule has 3 aromatic rings. The maximum atomic E-state index is 13.7. The summed E-state index contributed by atoms with van der Waals surface area (Å²) in [4.78, 5) is 19.0. The van der Waals surface area contributed by atoms with E-state index in [1.807, 2.05) is 0 Å². The van der Waals surface area contributed by atoms with Crippen molar-refractivity contribution in [1.82, 2.24) is 9.97 Å². The molecule has 1 N–H and O–H groups in total. The van der Waals surface area contributed by atoms with Gasteiger partial charge in [0.1, 0.15) is 5.82 Å². The second kappa shape index (κ2) is 4.70. The molecule has 0 bridgehead atoms. The van der Waals surface area contributed by atoms with Crippen molar-refractivity contribution in [3.05, 3.63) is 60.2 Å². The molecule has 2 aromatic heterocycles. The summed E-state index contributed by atoms with van der Waals surface area (Å²) in [6.07, 6.45) is 2.85. The molecule has 1 aromatic carbocycles. The van der Waals surface area contributed by atoms with Gasteiger partial charge < -0.3 is 5.11 Å². The van der Waals surface area contributed by atoms with E-state index in [1.165, 1.54) is 18.3 Å². The molecule has 0 aliphatic rings. The molecule has 98 valence electrons. The van der Waals surface area contributed by atoms with Crippen LogP contribution in [0, 0.1) is 5.82 Å². The van der Waals surface area contributed by atoms with Crippen LogP contribution in [0.25, 0.3) is 22.2 Å². The fraction of sp³-hybridized carbons (Fsp3) is 0. The lowest BCUT2D eigenvalue weighted by Crippen LogP contribution is -1.97. The van der Waals surface area contributed by atoms with E-state index in [9.17, 15) is 9.18 Å². The number of aromatic nitrogens is 2. The van der Waals surface area contributed by atoms with E-state index in [1.54, 1.807) is 30.5 Å². The molecular formula is C15H9FN2O2. The number of carboxylic acids is 1. The Balaban J connectivity index is 2.10. The topological polar surface area (TPSA) is 63.1 Å². The van der Waals surface area contributed by atoms with Crippen LogP contribution in [0.5, 0.6) is 0 Å². The summed E-state index contributed by atoms with van der Waals surface area (Å²) in [5, 5.41) is 9.23. The second-order valence-corrected chi connectivity index (χ2v) is 4.27. The summed E-state index contributed by atoms with van der Waals surface area (Å²) in [7, 11) is 0. The lowest BCUT2D eigenvalue weighted by Gasteiger charge is -2.04. The largest absolute Gasteiger partial charge is 0.478 e. The number of rotatable bonds is 2. The number of carboxylic acid groups (broad SMARTS) is 1. The summed E-state index contributed by atoms with van der Waals surface area (Å²) >= 11 is 0. The van der Waals surface area contributed by atoms with Crippen molar-refractivity contribution in [2.45, 2.75) is 0 Å². The Kier molecular flexibility index (Phi) is 2.87. The Hall–Kier alpha value is -2.82. The van der Waals surface area contributed by atoms with Gasteiger partial charge in [0.2, 0.25) is 0 Å². The Morgan fingerprint density at radius 1 is 1.10 bits per heavy atom. The standard InChI is InChI=1S/C15H9FN2O2/c16-12-2-1-3-14-11(12)6-10(8-18-14)13-5-4-9(7-17-13)15(19)20/h1-8H,(H,19,20). The molecule has 0 radical (unpaired) electrons. The normalized spacial score (nSPS) is 10.7. The molecule has 0 saturated heterocycles. The fourth-order valence-corrected chi connectivity index (χ4v) is 1.94. The van der Waals surface area contributed by atoms with Gasteiger partial charge in [0, 0.05) is 23.3 Å². The number of carbonyl (C=O) groups is 1. The lowest BCUT2D eigenvalue weighted by atomic mass is 10.1. The van der Waals surface area contributed by atoms with E-state index in [0.717, 1.165) is 0 Å². The third-order valence-corrected chi connectivity index (χ3v) is 2.98. The van der Waals surface area contributed by atoms with Gasteiger partial charge >= 0.3 is 5.97 Å². The Bertz CT molecular complexity index is 801. The van der Waals surface area contributed by atoms with E-state index in [4.69, 9.17) is 5.11 Å². The van der Waals surface area contributed by atoms with Gasteiger partial charge in [-0.2, -0.15) is 0 Å². The molecular weight excluding hydrogens is 259 g/mol. The van der Waals surface area contributed by atoms with E-state index in [0.29, 0.717) is 22.2 Å². The zero-order chi connectivity index (χ0) is 14.1. The molecule has 0 amide bonds. The highest BCUT2D eigenvalue weighted by molar-refractivity contribution is 5.88. The monoisotopic (exact) mass is 268 g/mol. The fourth-order valence-electron chi connectivity index (χ4n) is 1.94. The van der Waals surface area contributed by atoms with Crippen molar-refractivity contribution in [1.29, 1.82) is 0 Å². The number of halogens is 1. The molecule has 0 aliphatic heterocycles. The molecule has 4 nitrogen and oxygen atoms in total. The molecule has 0 unspecified atom stereocenters.